The maximum atomic E-state index is 2.36. The monoisotopic (exact) mass is 286 g/mol. The van der Waals surface area contributed by atoms with Crippen LogP contribution in [0.5, 0.6) is 0 Å². The summed E-state index contributed by atoms with van der Waals surface area (Å²) in [5, 5.41) is 0. The summed E-state index contributed by atoms with van der Waals surface area (Å²) in [6.07, 6.45) is 1.12. The summed E-state index contributed by atoms with van der Waals surface area (Å²) in [6, 6.07) is 28.2. The molecule has 0 N–H and O–H groups in total. The maximum Gasteiger partial charge on any atom is -0.0103 e. The van der Waals surface area contributed by atoms with Crippen molar-refractivity contribution in [3.8, 4) is 22.3 Å². The molecule has 0 saturated heterocycles. The predicted molar refractivity (Wildman–Crippen MR) is 95.9 cm³/mol. The van der Waals surface area contributed by atoms with Gasteiger partial charge in [-0.1, -0.05) is 92.7 Å². The second kappa shape index (κ2) is 6.62. The van der Waals surface area contributed by atoms with Gasteiger partial charge in [0.25, 0.3) is 0 Å². The maximum absolute atomic E-state index is 2.36. The lowest BCUT2D eigenvalue weighted by molar-refractivity contribution is 0.647. The first-order valence-electron chi connectivity index (χ1n) is 7.98. The number of benzene rings is 3. The van der Waals surface area contributed by atoms with Crippen molar-refractivity contribution in [2.45, 2.75) is 20.3 Å². The van der Waals surface area contributed by atoms with E-state index in [1.807, 2.05) is 0 Å². The second-order valence-electron chi connectivity index (χ2n) is 6.21. The third-order valence-electron chi connectivity index (χ3n) is 3.90. The van der Waals surface area contributed by atoms with E-state index < -0.39 is 0 Å². The Hall–Kier alpha value is -2.34. The van der Waals surface area contributed by atoms with Crippen LogP contribution in [-0.4, -0.2) is 0 Å². The fourth-order valence-electron chi connectivity index (χ4n) is 2.92. The Morgan fingerprint density at radius 1 is 0.636 bits per heavy atom. The zero-order chi connectivity index (χ0) is 15.4. The summed E-state index contributed by atoms with van der Waals surface area (Å²) in [7, 11) is 0. The Kier molecular flexibility index (Phi) is 4.39. The highest BCUT2D eigenvalue weighted by Crippen LogP contribution is 2.33. The summed E-state index contributed by atoms with van der Waals surface area (Å²) >= 11 is 0. The van der Waals surface area contributed by atoms with Crippen LogP contribution in [0.1, 0.15) is 19.4 Å². The van der Waals surface area contributed by atoms with Crippen molar-refractivity contribution < 1.29 is 0 Å². The summed E-state index contributed by atoms with van der Waals surface area (Å²) in [5.74, 6) is 0.672. The van der Waals surface area contributed by atoms with Crippen LogP contribution in [-0.2, 0) is 6.42 Å². The van der Waals surface area contributed by atoms with E-state index in [4.69, 9.17) is 0 Å². The molecule has 0 saturated carbocycles. The molecule has 22 heavy (non-hydrogen) atoms. The first kappa shape index (κ1) is 14.6. The van der Waals surface area contributed by atoms with Gasteiger partial charge in [0.15, 0.2) is 0 Å². The minimum absolute atomic E-state index is 0.672. The number of hydrogen-bond donors (Lipinski definition) is 0. The molecule has 3 rings (SSSR count). The zero-order valence-electron chi connectivity index (χ0n) is 13.3. The van der Waals surface area contributed by atoms with Crippen LogP contribution in [0.25, 0.3) is 22.3 Å². The van der Waals surface area contributed by atoms with Crippen molar-refractivity contribution in [1.29, 1.82) is 0 Å². The molecule has 0 heterocycles. The molecule has 0 radical (unpaired) electrons. The van der Waals surface area contributed by atoms with Gasteiger partial charge in [0.2, 0.25) is 0 Å². The summed E-state index contributed by atoms with van der Waals surface area (Å²) < 4.78 is 0. The van der Waals surface area contributed by atoms with Crippen molar-refractivity contribution in [2.75, 3.05) is 0 Å². The Balaban J connectivity index is 2.13. The highest BCUT2D eigenvalue weighted by atomic mass is 14.1. The summed E-state index contributed by atoms with van der Waals surface area (Å²) in [4.78, 5) is 0. The molecule has 3 aromatic rings. The van der Waals surface area contributed by atoms with E-state index in [2.05, 4.69) is 92.7 Å². The smallest absolute Gasteiger partial charge is 0.0103 e. The van der Waals surface area contributed by atoms with E-state index in [-0.39, 0.29) is 0 Å². The Labute approximate surface area is 133 Å². The van der Waals surface area contributed by atoms with Crippen molar-refractivity contribution in [3.05, 3.63) is 84.4 Å². The largest absolute Gasteiger partial charge is 0.0625 e. The van der Waals surface area contributed by atoms with E-state index >= 15 is 0 Å². The minimum atomic E-state index is 0.672. The van der Waals surface area contributed by atoms with Gasteiger partial charge in [0.05, 0.1) is 0 Å². The van der Waals surface area contributed by atoms with Crippen molar-refractivity contribution >= 4 is 0 Å². The molecule has 0 unspecified atom stereocenters. The van der Waals surface area contributed by atoms with Gasteiger partial charge in [-0.3, -0.25) is 0 Å². The van der Waals surface area contributed by atoms with Crippen molar-refractivity contribution in [2.24, 2.45) is 5.92 Å². The van der Waals surface area contributed by atoms with Gasteiger partial charge in [-0.25, -0.2) is 0 Å². The SMILES string of the molecule is CC(C)Cc1ccc(-c2ccccc2)c(-c2ccccc2)c1. The molecule has 0 fully saturated rings. The Morgan fingerprint density at radius 3 is 1.73 bits per heavy atom. The molecule has 0 amide bonds. The van der Waals surface area contributed by atoms with Crippen LogP contribution in [0.3, 0.4) is 0 Å². The van der Waals surface area contributed by atoms with Crippen LogP contribution < -0.4 is 0 Å². The van der Waals surface area contributed by atoms with Crippen LogP contribution in [0.15, 0.2) is 78.9 Å². The molecule has 3 aromatic carbocycles. The van der Waals surface area contributed by atoms with Gasteiger partial charge in [0.1, 0.15) is 0 Å². The summed E-state index contributed by atoms with van der Waals surface area (Å²) in [5.41, 5.74) is 6.60. The Bertz CT molecular complexity index is 725. The quantitative estimate of drug-likeness (QED) is 0.534. The van der Waals surface area contributed by atoms with Crippen LogP contribution in [0, 0.1) is 5.92 Å². The third kappa shape index (κ3) is 3.28. The normalized spacial score (nSPS) is 10.9. The van der Waals surface area contributed by atoms with Crippen molar-refractivity contribution in [1.82, 2.24) is 0 Å². The average molecular weight is 286 g/mol. The second-order valence-corrected chi connectivity index (χ2v) is 6.21. The highest BCUT2D eigenvalue weighted by molar-refractivity contribution is 5.83. The predicted octanol–water partition coefficient (Wildman–Crippen LogP) is 6.22. The van der Waals surface area contributed by atoms with Crippen LogP contribution in [0.4, 0.5) is 0 Å². The number of hydrogen-bond acceptors (Lipinski definition) is 0. The molecule has 0 aliphatic carbocycles. The lowest BCUT2D eigenvalue weighted by Crippen LogP contribution is -1.95. The molecule has 0 atom stereocenters. The first-order valence-corrected chi connectivity index (χ1v) is 7.98. The molecular weight excluding hydrogens is 264 g/mol. The van der Waals surface area contributed by atoms with E-state index in [1.54, 1.807) is 0 Å². The molecule has 0 nitrogen and oxygen atoms in total. The van der Waals surface area contributed by atoms with Gasteiger partial charge in [-0.05, 0) is 40.2 Å². The molecule has 0 bridgehead atoms. The summed E-state index contributed by atoms with van der Waals surface area (Å²) in [6.45, 7) is 4.54. The number of rotatable bonds is 4. The van der Waals surface area contributed by atoms with Crippen LogP contribution in [0.2, 0.25) is 0 Å². The van der Waals surface area contributed by atoms with E-state index in [0.717, 1.165) is 6.42 Å². The Morgan fingerprint density at radius 2 is 1.18 bits per heavy atom. The minimum Gasteiger partial charge on any atom is -0.0625 e. The van der Waals surface area contributed by atoms with Gasteiger partial charge in [-0.2, -0.15) is 0 Å². The van der Waals surface area contributed by atoms with Crippen LogP contribution >= 0.6 is 0 Å². The lowest BCUT2D eigenvalue weighted by Gasteiger charge is -2.14. The van der Waals surface area contributed by atoms with E-state index in [0.29, 0.717) is 5.92 Å². The lowest BCUT2D eigenvalue weighted by atomic mass is 9.91. The molecule has 0 spiro atoms. The zero-order valence-corrected chi connectivity index (χ0v) is 13.3. The highest BCUT2D eigenvalue weighted by Gasteiger charge is 2.09. The van der Waals surface area contributed by atoms with Crippen molar-refractivity contribution in [3.63, 3.8) is 0 Å². The first-order chi connectivity index (χ1) is 10.7. The van der Waals surface area contributed by atoms with Gasteiger partial charge >= 0.3 is 0 Å². The average Bonchev–Trinajstić information content (AvgIpc) is 2.56. The van der Waals surface area contributed by atoms with E-state index in [1.165, 1.54) is 27.8 Å². The molecular formula is C22H22. The molecule has 110 valence electrons. The van der Waals surface area contributed by atoms with Gasteiger partial charge in [0, 0.05) is 0 Å². The van der Waals surface area contributed by atoms with Gasteiger partial charge in [-0.15, -0.1) is 0 Å². The standard InChI is InChI=1S/C22H22/c1-17(2)15-18-13-14-21(19-9-5-3-6-10-19)22(16-18)20-11-7-4-8-12-20/h3-14,16-17H,15H2,1-2H3. The molecule has 0 heteroatoms. The fraction of sp³-hybridized carbons (Fsp3) is 0.182. The molecule has 0 aliphatic rings. The fourth-order valence-corrected chi connectivity index (χ4v) is 2.92. The molecule has 0 aromatic heterocycles. The van der Waals surface area contributed by atoms with Gasteiger partial charge < -0.3 is 0 Å². The van der Waals surface area contributed by atoms with E-state index in [9.17, 15) is 0 Å². The topological polar surface area (TPSA) is 0 Å². The molecule has 0 aliphatic heterocycles. The third-order valence-corrected chi connectivity index (χ3v) is 3.90.